The van der Waals surface area contributed by atoms with Gasteiger partial charge in [0.15, 0.2) is 0 Å². The highest BCUT2D eigenvalue weighted by Gasteiger charge is 2.23. The predicted molar refractivity (Wildman–Crippen MR) is 78.5 cm³/mol. The first-order valence-corrected chi connectivity index (χ1v) is 7.51. The number of piperidine rings is 1. The molecule has 1 aliphatic heterocycles. The van der Waals surface area contributed by atoms with E-state index in [1.54, 1.807) is 0 Å². The molecule has 0 unspecified atom stereocenters. The normalized spacial score (nSPS) is 20.4. The summed E-state index contributed by atoms with van der Waals surface area (Å²) in [6.45, 7) is 8.48. The van der Waals surface area contributed by atoms with E-state index in [1.807, 2.05) is 10.9 Å². The van der Waals surface area contributed by atoms with Crippen LogP contribution in [0.15, 0.2) is 18.5 Å². The maximum Gasteiger partial charge on any atom is 0.0638 e. The van der Waals surface area contributed by atoms with Crippen molar-refractivity contribution in [2.24, 2.45) is 0 Å². The zero-order valence-electron chi connectivity index (χ0n) is 12.3. The molecule has 1 atom stereocenters. The van der Waals surface area contributed by atoms with Crippen LogP contribution < -0.4 is 0 Å². The van der Waals surface area contributed by atoms with Gasteiger partial charge in [0.1, 0.15) is 0 Å². The molecule has 5 heteroatoms. The van der Waals surface area contributed by atoms with Gasteiger partial charge < -0.3 is 0 Å². The Bertz CT molecular complexity index is 543. The Hall–Kier alpha value is -1.62. The van der Waals surface area contributed by atoms with Crippen molar-refractivity contribution in [2.75, 3.05) is 13.1 Å². The highest BCUT2D eigenvalue weighted by Crippen LogP contribution is 2.26. The van der Waals surface area contributed by atoms with E-state index in [0.717, 1.165) is 25.3 Å². The van der Waals surface area contributed by atoms with Crippen molar-refractivity contribution in [3.8, 4) is 0 Å². The van der Waals surface area contributed by atoms with Gasteiger partial charge in [-0.2, -0.15) is 10.2 Å². The number of rotatable bonds is 4. The SMILES string of the molecule is CCn1cc(CN2CCC[C@@H](c3ccn[nH]3)C2)c(C)n1. The Morgan fingerprint density at radius 3 is 3.05 bits per heavy atom. The molecular weight excluding hydrogens is 250 g/mol. The monoisotopic (exact) mass is 273 g/mol. The molecule has 2 aromatic rings. The largest absolute Gasteiger partial charge is 0.298 e. The standard InChI is InChI=1S/C15H23N5/c1-3-20-11-14(12(2)18-20)10-19-8-4-5-13(9-19)15-6-7-16-17-15/h6-7,11,13H,3-5,8-10H2,1-2H3,(H,16,17)/t13-/m1/s1. The summed E-state index contributed by atoms with van der Waals surface area (Å²) < 4.78 is 2.03. The van der Waals surface area contributed by atoms with Gasteiger partial charge in [0.25, 0.3) is 0 Å². The van der Waals surface area contributed by atoms with Crippen LogP contribution in [0.25, 0.3) is 0 Å². The van der Waals surface area contributed by atoms with E-state index in [9.17, 15) is 0 Å². The summed E-state index contributed by atoms with van der Waals surface area (Å²) in [5.74, 6) is 0.591. The van der Waals surface area contributed by atoms with Gasteiger partial charge in [-0.3, -0.25) is 14.7 Å². The molecule has 1 aliphatic rings. The van der Waals surface area contributed by atoms with Crippen LogP contribution in [-0.2, 0) is 13.1 Å². The van der Waals surface area contributed by atoms with Crippen molar-refractivity contribution in [2.45, 2.75) is 45.7 Å². The average Bonchev–Trinajstić information content (AvgIpc) is 3.10. The fourth-order valence-electron chi connectivity index (χ4n) is 3.06. The summed E-state index contributed by atoms with van der Waals surface area (Å²) in [5, 5.41) is 11.7. The molecule has 0 aliphatic carbocycles. The van der Waals surface area contributed by atoms with Gasteiger partial charge in [0, 0.05) is 49.2 Å². The molecule has 3 rings (SSSR count). The van der Waals surface area contributed by atoms with Crippen LogP contribution in [0.1, 0.15) is 42.6 Å². The molecule has 1 fully saturated rings. The van der Waals surface area contributed by atoms with Crippen LogP contribution in [0.2, 0.25) is 0 Å². The summed E-state index contributed by atoms with van der Waals surface area (Å²) in [6.07, 6.45) is 6.55. The molecule has 0 radical (unpaired) electrons. The highest BCUT2D eigenvalue weighted by molar-refractivity contribution is 5.16. The number of aryl methyl sites for hydroxylation is 2. The maximum atomic E-state index is 4.54. The van der Waals surface area contributed by atoms with Crippen molar-refractivity contribution >= 4 is 0 Å². The third-order valence-electron chi connectivity index (χ3n) is 4.23. The molecule has 3 heterocycles. The second-order valence-corrected chi connectivity index (χ2v) is 5.68. The summed E-state index contributed by atoms with van der Waals surface area (Å²) in [6, 6.07) is 2.11. The van der Waals surface area contributed by atoms with E-state index in [0.29, 0.717) is 5.92 Å². The lowest BCUT2D eigenvalue weighted by Gasteiger charge is -2.32. The smallest absolute Gasteiger partial charge is 0.0638 e. The minimum atomic E-state index is 0.591. The third-order valence-corrected chi connectivity index (χ3v) is 4.23. The Labute approximate surface area is 120 Å². The van der Waals surface area contributed by atoms with Gasteiger partial charge in [0.2, 0.25) is 0 Å². The number of hydrogen-bond acceptors (Lipinski definition) is 3. The molecule has 20 heavy (non-hydrogen) atoms. The molecule has 0 saturated carbocycles. The average molecular weight is 273 g/mol. The fourth-order valence-corrected chi connectivity index (χ4v) is 3.06. The van der Waals surface area contributed by atoms with Gasteiger partial charge in [-0.25, -0.2) is 0 Å². The minimum Gasteiger partial charge on any atom is -0.298 e. The molecule has 108 valence electrons. The molecule has 0 bridgehead atoms. The summed E-state index contributed by atoms with van der Waals surface area (Å²) in [5.41, 5.74) is 3.79. The molecule has 1 N–H and O–H groups in total. The van der Waals surface area contributed by atoms with Crippen LogP contribution in [0, 0.1) is 6.92 Å². The molecule has 1 saturated heterocycles. The Balaban J connectivity index is 1.66. The molecule has 0 spiro atoms. The minimum absolute atomic E-state index is 0.591. The lowest BCUT2D eigenvalue weighted by atomic mass is 9.94. The van der Waals surface area contributed by atoms with E-state index in [1.165, 1.54) is 30.6 Å². The van der Waals surface area contributed by atoms with E-state index in [4.69, 9.17) is 0 Å². The van der Waals surface area contributed by atoms with E-state index >= 15 is 0 Å². The Kier molecular flexibility index (Phi) is 3.87. The van der Waals surface area contributed by atoms with Crippen molar-refractivity contribution in [3.05, 3.63) is 35.4 Å². The molecule has 5 nitrogen and oxygen atoms in total. The second-order valence-electron chi connectivity index (χ2n) is 5.68. The van der Waals surface area contributed by atoms with E-state index in [2.05, 4.69) is 46.3 Å². The lowest BCUT2D eigenvalue weighted by molar-refractivity contribution is 0.198. The molecule has 2 aromatic heterocycles. The van der Waals surface area contributed by atoms with Crippen molar-refractivity contribution in [1.82, 2.24) is 24.9 Å². The third kappa shape index (κ3) is 2.77. The molecule has 0 amide bonds. The number of nitrogens with one attached hydrogen (secondary N) is 1. The Morgan fingerprint density at radius 1 is 1.45 bits per heavy atom. The van der Waals surface area contributed by atoms with Crippen molar-refractivity contribution in [3.63, 3.8) is 0 Å². The fraction of sp³-hybridized carbons (Fsp3) is 0.600. The number of aromatic amines is 1. The van der Waals surface area contributed by atoms with Gasteiger partial charge >= 0.3 is 0 Å². The quantitative estimate of drug-likeness (QED) is 0.930. The van der Waals surface area contributed by atoms with Gasteiger partial charge in [-0.15, -0.1) is 0 Å². The van der Waals surface area contributed by atoms with Crippen LogP contribution >= 0.6 is 0 Å². The van der Waals surface area contributed by atoms with Crippen LogP contribution in [0.4, 0.5) is 0 Å². The van der Waals surface area contributed by atoms with Crippen LogP contribution in [0.3, 0.4) is 0 Å². The van der Waals surface area contributed by atoms with Crippen molar-refractivity contribution < 1.29 is 0 Å². The zero-order valence-corrected chi connectivity index (χ0v) is 12.3. The van der Waals surface area contributed by atoms with E-state index in [-0.39, 0.29) is 0 Å². The number of aromatic nitrogens is 4. The predicted octanol–water partition coefficient (Wildman–Crippen LogP) is 2.31. The van der Waals surface area contributed by atoms with Gasteiger partial charge in [-0.05, 0) is 39.3 Å². The van der Waals surface area contributed by atoms with Crippen molar-refractivity contribution in [1.29, 1.82) is 0 Å². The summed E-state index contributed by atoms with van der Waals surface area (Å²) in [4.78, 5) is 2.54. The summed E-state index contributed by atoms with van der Waals surface area (Å²) in [7, 11) is 0. The second kappa shape index (κ2) is 5.79. The van der Waals surface area contributed by atoms with Gasteiger partial charge in [0.05, 0.1) is 5.69 Å². The summed E-state index contributed by atoms with van der Waals surface area (Å²) >= 11 is 0. The molecule has 0 aromatic carbocycles. The van der Waals surface area contributed by atoms with Gasteiger partial charge in [-0.1, -0.05) is 0 Å². The van der Waals surface area contributed by atoms with Crippen LogP contribution in [0.5, 0.6) is 0 Å². The topological polar surface area (TPSA) is 49.7 Å². The Morgan fingerprint density at radius 2 is 2.35 bits per heavy atom. The first-order valence-electron chi connectivity index (χ1n) is 7.51. The zero-order chi connectivity index (χ0) is 13.9. The lowest BCUT2D eigenvalue weighted by Crippen LogP contribution is -2.34. The highest BCUT2D eigenvalue weighted by atomic mass is 15.3. The van der Waals surface area contributed by atoms with E-state index < -0.39 is 0 Å². The number of nitrogens with zero attached hydrogens (tertiary/aromatic N) is 4. The first kappa shape index (κ1) is 13.4. The molecular formula is C15H23N5. The van der Waals surface area contributed by atoms with Crippen LogP contribution in [-0.4, -0.2) is 38.0 Å². The number of hydrogen-bond donors (Lipinski definition) is 1. The maximum absolute atomic E-state index is 4.54. The number of likely N-dealkylation sites (tertiary alicyclic amines) is 1. The number of H-pyrrole nitrogens is 1. The first-order chi connectivity index (χ1) is 9.76.